The number of nitriles is 2. The zero-order chi connectivity index (χ0) is 10.7. The molecule has 2 rings (SSSR count). The molecular formula is C12H6N2O. The van der Waals surface area contributed by atoms with Crippen molar-refractivity contribution in [3.05, 3.63) is 42.2 Å². The fourth-order valence-corrected chi connectivity index (χ4v) is 1.37. The maximum Gasteiger partial charge on any atom is 0.134 e. The number of hydrogen-bond acceptors (Lipinski definition) is 3. The quantitative estimate of drug-likeness (QED) is 0.655. The highest BCUT2D eigenvalue weighted by Gasteiger charge is 2.03. The lowest BCUT2D eigenvalue weighted by Crippen LogP contribution is -1.80. The Bertz CT molecular complexity index is 608. The first kappa shape index (κ1) is 9.05. The fourth-order valence-electron chi connectivity index (χ4n) is 1.37. The van der Waals surface area contributed by atoms with Gasteiger partial charge in [-0.1, -0.05) is 12.1 Å². The van der Waals surface area contributed by atoms with Crippen LogP contribution in [0.25, 0.3) is 16.5 Å². The van der Waals surface area contributed by atoms with Crippen molar-refractivity contribution in [3.8, 4) is 12.1 Å². The van der Waals surface area contributed by atoms with Gasteiger partial charge in [0.1, 0.15) is 11.7 Å². The molecule has 15 heavy (non-hydrogen) atoms. The Balaban J connectivity index is 2.58. The molecule has 3 heteroatoms. The Labute approximate surface area is 86.5 Å². The lowest BCUT2D eigenvalue weighted by Gasteiger charge is -1.96. The lowest BCUT2D eigenvalue weighted by molar-refractivity contribution is 0.616. The van der Waals surface area contributed by atoms with Crippen LogP contribution in [0.1, 0.15) is 5.56 Å². The summed E-state index contributed by atoms with van der Waals surface area (Å²) < 4.78 is 5.21. The van der Waals surface area contributed by atoms with E-state index in [-0.39, 0.29) is 0 Å². The molecule has 0 bridgehead atoms. The molecule has 0 radical (unpaired) electrons. The number of allylic oxidation sites excluding steroid dienone is 2. The SMILES string of the molecule is N#CC=C(C#N)c1ccc2ccoc2c1. The molecule has 1 aromatic carbocycles. The summed E-state index contributed by atoms with van der Waals surface area (Å²) in [5.74, 6) is 0. The van der Waals surface area contributed by atoms with E-state index >= 15 is 0 Å². The molecular weight excluding hydrogens is 188 g/mol. The summed E-state index contributed by atoms with van der Waals surface area (Å²) in [7, 11) is 0. The van der Waals surface area contributed by atoms with Gasteiger partial charge in [0.25, 0.3) is 0 Å². The molecule has 0 spiro atoms. The van der Waals surface area contributed by atoms with E-state index in [2.05, 4.69) is 0 Å². The Morgan fingerprint density at radius 1 is 1.27 bits per heavy atom. The molecule has 0 unspecified atom stereocenters. The normalized spacial score (nSPS) is 10.9. The van der Waals surface area contributed by atoms with Crippen LogP contribution in [0, 0.1) is 22.7 Å². The summed E-state index contributed by atoms with van der Waals surface area (Å²) >= 11 is 0. The standard InChI is InChI=1S/C12H6N2O/c13-5-3-11(8-14)10-2-1-9-4-6-15-12(9)7-10/h1-4,6-7H. The van der Waals surface area contributed by atoms with E-state index in [1.54, 1.807) is 18.4 Å². The summed E-state index contributed by atoms with van der Waals surface area (Å²) in [6, 6.07) is 11.1. The average Bonchev–Trinajstić information content (AvgIpc) is 2.72. The van der Waals surface area contributed by atoms with Crippen LogP contribution in [0.15, 0.2) is 41.0 Å². The van der Waals surface area contributed by atoms with Crippen LogP contribution in [-0.2, 0) is 0 Å². The molecule has 0 aliphatic heterocycles. The number of fused-ring (bicyclic) bond motifs is 1. The number of hydrogen-bond donors (Lipinski definition) is 0. The van der Waals surface area contributed by atoms with E-state index in [0.717, 1.165) is 5.39 Å². The predicted molar refractivity (Wildman–Crippen MR) is 55.4 cm³/mol. The summed E-state index contributed by atoms with van der Waals surface area (Å²) in [5, 5.41) is 18.3. The van der Waals surface area contributed by atoms with Crippen molar-refractivity contribution in [2.24, 2.45) is 0 Å². The highest BCUT2D eigenvalue weighted by Crippen LogP contribution is 2.21. The second kappa shape index (κ2) is 3.69. The van der Waals surface area contributed by atoms with E-state index in [9.17, 15) is 0 Å². The first-order valence-electron chi connectivity index (χ1n) is 4.32. The maximum atomic E-state index is 8.83. The van der Waals surface area contributed by atoms with E-state index in [1.165, 1.54) is 6.08 Å². The number of rotatable bonds is 1. The topological polar surface area (TPSA) is 60.7 Å². The maximum absolute atomic E-state index is 8.83. The van der Waals surface area contributed by atoms with E-state index in [1.807, 2.05) is 24.3 Å². The molecule has 1 aromatic heterocycles. The number of nitrogens with zero attached hydrogens (tertiary/aromatic N) is 2. The predicted octanol–water partition coefficient (Wildman–Crippen LogP) is 2.86. The molecule has 0 N–H and O–H groups in total. The Kier molecular flexibility index (Phi) is 2.23. The van der Waals surface area contributed by atoms with Gasteiger partial charge < -0.3 is 4.42 Å². The van der Waals surface area contributed by atoms with Gasteiger partial charge in [0, 0.05) is 11.5 Å². The van der Waals surface area contributed by atoms with Gasteiger partial charge in [-0.05, 0) is 17.7 Å². The molecule has 3 nitrogen and oxygen atoms in total. The third-order valence-corrected chi connectivity index (χ3v) is 2.10. The average molecular weight is 194 g/mol. The van der Waals surface area contributed by atoms with Crippen molar-refractivity contribution in [1.82, 2.24) is 0 Å². The highest BCUT2D eigenvalue weighted by molar-refractivity contribution is 5.86. The van der Waals surface area contributed by atoms with Gasteiger partial charge in [0.05, 0.1) is 17.9 Å². The van der Waals surface area contributed by atoms with E-state index in [0.29, 0.717) is 16.7 Å². The minimum atomic E-state index is 0.343. The van der Waals surface area contributed by atoms with Crippen LogP contribution in [0.5, 0.6) is 0 Å². The van der Waals surface area contributed by atoms with Crippen LogP contribution in [0.2, 0.25) is 0 Å². The van der Waals surface area contributed by atoms with E-state index in [4.69, 9.17) is 14.9 Å². The van der Waals surface area contributed by atoms with Gasteiger partial charge in [-0.15, -0.1) is 0 Å². The molecule has 0 saturated heterocycles. The second-order valence-electron chi connectivity index (χ2n) is 2.97. The second-order valence-corrected chi connectivity index (χ2v) is 2.97. The van der Waals surface area contributed by atoms with Crippen molar-refractivity contribution >= 4 is 16.5 Å². The van der Waals surface area contributed by atoms with Gasteiger partial charge >= 0.3 is 0 Å². The van der Waals surface area contributed by atoms with Crippen molar-refractivity contribution < 1.29 is 4.42 Å². The van der Waals surface area contributed by atoms with Crippen LogP contribution in [0.4, 0.5) is 0 Å². The molecule has 0 saturated carbocycles. The lowest BCUT2D eigenvalue weighted by atomic mass is 10.1. The summed E-state index contributed by atoms with van der Waals surface area (Å²) in [5.41, 5.74) is 1.75. The van der Waals surface area contributed by atoms with Gasteiger partial charge in [0.2, 0.25) is 0 Å². The van der Waals surface area contributed by atoms with Crippen LogP contribution in [-0.4, -0.2) is 0 Å². The van der Waals surface area contributed by atoms with Crippen LogP contribution in [0.3, 0.4) is 0 Å². The first-order valence-corrected chi connectivity index (χ1v) is 4.32. The van der Waals surface area contributed by atoms with Gasteiger partial charge in [-0.3, -0.25) is 0 Å². The highest BCUT2D eigenvalue weighted by atomic mass is 16.3. The van der Waals surface area contributed by atoms with Crippen molar-refractivity contribution in [3.63, 3.8) is 0 Å². The summed E-state index contributed by atoms with van der Waals surface area (Å²) in [4.78, 5) is 0. The monoisotopic (exact) mass is 194 g/mol. The number of benzene rings is 1. The minimum absolute atomic E-state index is 0.343. The van der Waals surface area contributed by atoms with Crippen molar-refractivity contribution in [2.75, 3.05) is 0 Å². The van der Waals surface area contributed by atoms with E-state index < -0.39 is 0 Å². The third kappa shape index (κ3) is 1.59. The van der Waals surface area contributed by atoms with Crippen LogP contribution < -0.4 is 0 Å². The molecule has 2 aromatic rings. The van der Waals surface area contributed by atoms with Crippen molar-refractivity contribution in [1.29, 1.82) is 10.5 Å². The molecule has 0 fully saturated rings. The molecule has 70 valence electrons. The largest absolute Gasteiger partial charge is 0.464 e. The number of furan rings is 1. The van der Waals surface area contributed by atoms with Gasteiger partial charge in [-0.2, -0.15) is 10.5 Å². The molecule has 0 amide bonds. The molecule has 0 aliphatic rings. The zero-order valence-corrected chi connectivity index (χ0v) is 7.77. The minimum Gasteiger partial charge on any atom is -0.464 e. The smallest absolute Gasteiger partial charge is 0.134 e. The summed E-state index contributed by atoms with van der Waals surface area (Å²) in [6.45, 7) is 0. The van der Waals surface area contributed by atoms with Gasteiger partial charge in [0.15, 0.2) is 0 Å². The van der Waals surface area contributed by atoms with Crippen LogP contribution >= 0.6 is 0 Å². The zero-order valence-electron chi connectivity index (χ0n) is 7.77. The van der Waals surface area contributed by atoms with Crippen molar-refractivity contribution in [2.45, 2.75) is 0 Å². The molecule has 1 heterocycles. The fraction of sp³-hybridized carbons (Fsp3) is 0. The summed E-state index contributed by atoms with van der Waals surface area (Å²) in [6.07, 6.45) is 2.82. The van der Waals surface area contributed by atoms with Gasteiger partial charge in [-0.25, -0.2) is 0 Å². The Morgan fingerprint density at radius 3 is 2.87 bits per heavy atom. The molecule has 0 atom stereocenters. The first-order chi connectivity index (χ1) is 7.35. The Hall–Kier alpha value is -2.52. The molecule has 0 aliphatic carbocycles. The Morgan fingerprint density at radius 2 is 2.13 bits per heavy atom. The third-order valence-electron chi connectivity index (χ3n) is 2.10.